The highest BCUT2D eigenvalue weighted by atomic mass is 15.0. The van der Waals surface area contributed by atoms with Crippen LogP contribution in [0.15, 0.2) is 0 Å². The molecule has 1 aliphatic heterocycles. The van der Waals surface area contributed by atoms with E-state index in [1.54, 1.807) is 0 Å². The molecular formula is C11H24N2. The minimum absolute atomic E-state index is 0.687. The van der Waals surface area contributed by atoms with Crippen LogP contribution in [0.1, 0.15) is 40.0 Å². The fourth-order valence-corrected chi connectivity index (χ4v) is 1.87. The second-order valence-electron chi connectivity index (χ2n) is 4.73. The van der Waals surface area contributed by atoms with Crippen LogP contribution in [-0.4, -0.2) is 25.2 Å². The van der Waals surface area contributed by atoms with Crippen LogP contribution in [0.25, 0.3) is 0 Å². The maximum Gasteiger partial charge on any atom is 0.0207 e. The zero-order valence-electron chi connectivity index (χ0n) is 9.27. The van der Waals surface area contributed by atoms with Gasteiger partial charge in [0.1, 0.15) is 0 Å². The molecule has 1 aliphatic rings. The molecule has 0 aromatic carbocycles. The molecule has 2 N–H and O–H groups in total. The molecule has 2 nitrogen and oxygen atoms in total. The molecule has 0 bridgehead atoms. The third kappa shape index (κ3) is 4.63. The van der Waals surface area contributed by atoms with Gasteiger partial charge in [-0.2, -0.15) is 0 Å². The van der Waals surface area contributed by atoms with Gasteiger partial charge < -0.3 is 10.6 Å². The zero-order valence-corrected chi connectivity index (χ0v) is 9.27. The smallest absolute Gasteiger partial charge is 0.0207 e. The lowest BCUT2D eigenvalue weighted by Crippen LogP contribution is -2.37. The summed E-state index contributed by atoms with van der Waals surface area (Å²) < 4.78 is 0. The second kappa shape index (κ2) is 5.61. The molecule has 0 aliphatic carbocycles. The standard InChI is InChI=1S/C11H24N2/c1-9(2)4-5-10(3)13-11-6-7-12-8-11/h9-13H,4-8H2,1-3H3. The highest BCUT2D eigenvalue weighted by molar-refractivity contribution is 4.79. The molecule has 0 aromatic heterocycles. The first kappa shape index (κ1) is 11.0. The first-order valence-corrected chi connectivity index (χ1v) is 5.65. The summed E-state index contributed by atoms with van der Waals surface area (Å²) in [6, 6.07) is 1.41. The minimum atomic E-state index is 0.687. The molecule has 2 atom stereocenters. The Hall–Kier alpha value is -0.0800. The molecule has 0 aromatic rings. The van der Waals surface area contributed by atoms with Gasteiger partial charge in [0.15, 0.2) is 0 Å². The molecule has 0 spiro atoms. The van der Waals surface area contributed by atoms with Gasteiger partial charge >= 0.3 is 0 Å². The van der Waals surface area contributed by atoms with E-state index in [1.165, 1.54) is 25.8 Å². The van der Waals surface area contributed by atoms with Gasteiger partial charge in [-0.1, -0.05) is 13.8 Å². The summed E-state index contributed by atoms with van der Waals surface area (Å²) in [4.78, 5) is 0. The quantitative estimate of drug-likeness (QED) is 0.680. The Labute approximate surface area is 82.5 Å². The zero-order chi connectivity index (χ0) is 9.68. The average molecular weight is 184 g/mol. The summed E-state index contributed by atoms with van der Waals surface area (Å²) in [6.07, 6.45) is 3.95. The summed E-state index contributed by atoms with van der Waals surface area (Å²) in [5.74, 6) is 0.839. The van der Waals surface area contributed by atoms with Crippen LogP contribution in [0.4, 0.5) is 0 Å². The second-order valence-corrected chi connectivity index (χ2v) is 4.73. The first-order chi connectivity index (χ1) is 6.18. The molecule has 1 heterocycles. The normalized spacial score (nSPS) is 25.4. The fraction of sp³-hybridized carbons (Fsp3) is 1.00. The molecule has 78 valence electrons. The lowest BCUT2D eigenvalue weighted by Gasteiger charge is -2.19. The van der Waals surface area contributed by atoms with Crippen LogP contribution < -0.4 is 10.6 Å². The van der Waals surface area contributed by atoms with E-state index in [-0.39, 0.29) is 0 Å². The molecule has 13 heavy (non-hydrogen) atoms. The van der Waals surface area contributed by atoms with E-state index in [9.17, 15) is 0 Å². The van der Waals surface area contributed by atoms with Crippen LogP contribution in [0.2, 0.25) is 0 Å². The topological polar surface area (TPSA) is 24.1 Å². The van der Waals surface area contributed by atoms with Crippen LogP contribution in [0, 0.1) is 5.92 Å². The molecule has 2 heteroatoms. The summed E-state index contributed by atoms with van der Waals surface area (Å²) in [6.45, 7) is 9.25. The van der Waals surface area contributed by atoms with Gasteiger partial charge in [0, 0.05) is 18.6 Å². The van der Waals surface area contributed by atoms with Crippen LogP contribution >= 0.6 is 0 Å². The van der Waals surface area contributed by atoms with Crippen molar-refractivity contribution in [3.8, 4) is 0 Å². The van der Waals surface area contributed by atoms with Crippen molar-refractivity contribution in [1.82, 2.24) is 10.6 Å². The summed E-state index contributed by atoms with van der Waals surface area (Å²) in [5, 5.41) is 7.05. The maximum atomic E-state index is 3.67. The summed E-state index contributed by atoms with van der Waals surface area (Å²) >= 11 is 0. The molecule has 1 fully saturated rings. The maximum absolute atomic E-state index is 3.67. The van der Waals surface area contributed by atoms with Crippen molar-refractivity contribution in [2.45, 2.75) is 52.1 Å². The van der Waals surface area contributed by atoms with Crippen molar-refractivity contribution in [3.05, 3.63) is 0 Å². The van der Waals surface area contributed by atoms with Crippen molar-refractivity contribution in [3.63, 3.8) is 0 Å². The predicted molar refractivity (Wildman–Crippen MR) is 57.9 cm³/mol. The fourth-order valence-electron chi connectivity index (χ4n) is 1.87. The monoisotopic (exact) mass is 184 g/mol. The van der Waals surface area contributed by atoms with Crippen LogP contribution in [0.3, 0.4) is 0 Å². The van der Waals surface area contributed by atoms with E-state index in [1.807, 2.05) is 0 Å². The van der Waals surface area contributed by atoms with E-state index >= 15 is 0 Å². The first-order valence-electron chi connectivity index (χ1n) is 5.65. The lowest BCUT2D eigenvalue weighted by molar-refractivity contribution is 0.410. The van der Waals surface area contributed by atoms with Gasteiger partial charge in [-0.05, 0) is 38.6 Å². The number of rotatable bonds is 5. The third-order valence-corrected chi connectivity index (χ3v) is 2.76. The largest absolute Gasteiger partial charge is 0.315 e. The number of nitrogens with one attached hydrogen (secondary N) is 2. The molecule has 0 radical (unpaired) electrons. The molecule has 1 saturated heterocycles. The van der Waals surface area contributed by atoms with E-state index in [2.05, 4.69) is 31.4 Å². The van der Waals surface area contributed by atoms with Gasteiger partial charge in [-0.25, -0.2) is 0 Å². The minimum Gasteiger partial charge on any atom is -0.315 e. The highest BCUT2D eigenvalue weighted by Crippen LogP contribution is 2.08. The molecule has 0 amide bonds. The number of hydrogen-bond donors (Lipinski definition) is 2. The van der Waals surface area contributed by atoms with Gasteiger partial charge in [-0.3, -0.25) is 0 Å². The lowest BCUT2D eigenvalue weighted by atomic mass is 10.0. The van der Waals surface area contributed by atoms with Gasteiger partial charge in [0.25, 0.3) is 0 Å². The Bertz CT molecular complexity index is 128. The van der Waals surface area contributed by atoms with E-state index in [0.29, 0.717) is 6.04 Å². The Kier molecular flexibility index (Phi) is 4.74. The molecular weight excluding hydrogens is 160 g/mol. The van der Waals surface area contributed by atoms with Crippen molar-refractivity contribution in [2.75, 3.05) is 13.1 Å². The number of hydrogen-bond acceptors (Lipinski definition) is 2. The van der Waals surface area contributed by atoms with Crippen LogP contribution in [-0.2, 0) is 0 Å². The van der Waals surface area contributed by atoms with Gasteiger partial charge in [0.2, 0.25) is 0 Å². The summed E-state index contributed by atoms with van der Waals surface area (Å²) in [5.41, 5.74) is 0. The van der Waals surface area contributed by atoms with Gasteiger partial charge in [0.05, 0.1) is 0 Å². The van der Waals surface area contributed by atoms with Crippen molar-refractivity contribution >= 4 is 0 Å². The predicted octanol–water partition coefficient (Wildman–Crippen LogP) is 1.76. The molecule has 0 saturated carbocycles. The SMILES string of the molecule is CC(C)CCC(C)NC1CCNC1. The third-order valence-electron chi connectivity index (χ3n) is 2.76. The Balaban J connectivity index is 2.05. The van der Waals surface area contributed by atoms with Gasteiger partial charge in [-0.15, -0.1) is 0 Å². The van der Waals surface area contributed by atoms with Crippen molar-refractivity contribution < 1.29 is 0 Å². The highest BCUT2D eigenvalue weighted by Gasteiger charge is 2.15. The average Bonchev–Trinajstić information content (AvgIpc) is 2.53. The van der Waals surface area contributed by atoms with Crippen LogP contribution in [0.5, 0.6) is 0 Å². The van der Waals surface area contributed by atoms with Crippen molar-refractivity contribution in [1.29, 1.82) is 0 Å². The van der Waals surface area contributed by atoms with E-state index in [4.69, 9.17) is 0 Å². The molecule has 2 unspecified atom stereocenters. The van der Waals surface area contributed by atoms with Crippen molar-refractivity contribution in [2.24, 2.45) is 5.92 Å². The van der Waals surface area contributed by atoms with E-state index in [0.717, 1.165) is 18.5 Å². The van der Waals surface area contributed by atoms with E-state index < -0.39 is 0 Å². The summed E-state index contributed by atoms with van der Waals surface area (Å²) in [7, 11) is 0. The Morgan fingerprint density at radius 3 is 2.62 bits per heavy atom. The molecule has 1 rings (SSSR count). The Morgan fingerprint density at radius 1 is 1.31 bits per heavy atom. The Morgan fingerprint density at radius 2 is 2.08 bits per heavy atom.